The summed E-state index contributed by atoms with van der Waals surface area (Å²) in [5, 5.41) is 0. The topological polar surface area (TPSA) is 68.3 Å². The molecule has 0 spiro atoms. The SMILES string of the molecule is Cc1cccc(C)c1-c1nc(NS(=O)(=O)c2cccc(Br)c2)ccc1-c1cccc(OCC(C)(C)C(F)(F)F)c1. The molecule has 0 saturated heterocycles. The van der Waals surface area contributed by atoms with Gasteiger partial charge in [0.15, 0.2) is 0 Å². The molecule has 1 aromatic heterocycles. The van der Waals surface area contributed by atoms with Crippen LogP contribution in [0, 0.1) is 19.3 Å². The summed E-state index contributed by atoms with van der Waals surface area (Å²) in [5.74, 6) is 0.405. The Balaban J connectivity index is 1.77. The Bertz CT molecular complexity index is 1630. The molecule has 4 aromatic rings. The number of aromatic nitrogens is 1. The highest BCUT2D eigenvalue weighted by Gasteiger charge is 2.48. The average Bonchev–Trinajstić information content (AvgIpc) is 2.87. The normalized spacial score (nSPS) is 12.3. The molecule has 1 heterocycles. The second-order valence-electron chi connectivity index (χ2n) is 10.1. The number of aryl methyl sites for hydroxylation is 2. The van der Waals surface area contributed by atoms with E-state index in [2.05, 4.69) is 20.7 Å². The fourth-order valence-electron chi connectivity index (χ4n) is 4.06. The molecular formula is C30H28BrF3N2O3S. The summed E-state index contributed by atoms with van der Waals surface area (Å²) in [7, 11) is -3.93. The van der Waals surface area contributed by atoms with Crippen molar-refractivity contribution in [3.63, 3.8) is 0 Å². The molecule has 0 unspecified atom stereocenters. The van der Waals surface area contributed by atoms with Crippen molar-refractivity contribution in [3.05, 3.63) is 94.5 Å². The zero-order chi connectivity index (χ0) is 29.3. The average molecular weight is 634 g/mol. The fraction of sp³-hybridized carbons (Fsp3) is 0.233. The number of ether oxygens (including phenoxy) is 1. The lowest BCUT2D eigenvalue weighted by atomic mass is 9.93. The van der Waals surface area contributed by atoms with Crippen molar-refractivity contribution in [3.8, 4) is 28.1 Å². The third kappa shape index (κ3) is 6.50. The Hall–Kier alpha value is -3.37. The second kappa shape index (κ2) is 11.2. The number of rotatable bonds is 8. The summed E-state index contributed by atoms with van der Waals surface area (Å²) >= 11 is 3.30. The molecule has 210 valence electrons. The van der Waals surface area contributed by atoms with Gasteiger partial charge in [-0.25, -0.2) is 13.4 Å². The van der Waals surface area contributed by atoms with Gasteiger partial charge >= 0.3 is 6.18 Å². The molecule has 0 amide bonds. The van der Waals surface area contributed by atoms with E-state index in [1.807, 2.05) is 32.0 Å². The van der Waals surface area contributed by atoms with Crippen molar-refractivity contribution in [2.45, 2.75) is 38.8 Å². The monoisotopic (exact) mass is 632 g/mol. The van der Waals surface area contributed by atoms with E-state index in [1.165, 1.54) is 12.1 Å². The van der Waals surface area contributed by atoms with Crippen molar-refractivity contribution < 1.29 is 26.3 Å². The molecule has 40 heavy (non-hydrogen) atoms. The van der Waals surface area contributed by atoms with Crippen molar-refractivity contribution in [1.82, 2.24) is 4.98 Å². The maximum atomic E-state index is 13.3. The van der Waals surface area contributed by atoms with Gasteiger partial charge in [0.25, 0.3) is 10.0 Å². The van der Waals surface area contributed by atoms with Crippen LogP contribution in [0.4, 0.5) is 19.0 Å². The number of benzene rings is 3. The van der Waals surface area contributed by atoms with Gasteiger partial charge in [0.2, 0.25) is 0 Å². The quantitative estimate of drug-likeness (QED) is 0.211. The Morgan fingerprint density at radius 3 is 2.20 bits per heavy atom. The molecule has 0 aliphatic heterocycles. The van der Waals surface area contributed by atoms with Crippen molar-refractivity contribution >= 4 is 31.8 Å². The second-order valence-corrected chi connectivity index (χ2v) is 12.7. The highest BCUT2D eigenvalue weighted by molar-refractivity contribution is 9.10. The van der Waals surface area contributed by atoms with E-state index < -0.39 is 28.2 Å². The number of nitrogens with zero attached hydrogens (tertiary/aromatic N) is 1. The van der Waals surface area contributed by atoms with Crippen molar-refractivity contribution in [2.75, 3.05) is 11.3 Å². The predicted molar refractivity (Wildman–Crippen MR) is 155 cm³/mol. The zero-order valence-corrected chi connectivity index (χ0v) is 24.7. The number of pyridine rings is 1. The lowest BCUT2D eigenvalue weighted by Crippen LogP contribution is -2.37. The molecule has 10 heteroatoms. The molecule has 4 rings (SSSR count). The van der Waals surface area contributed by atoms with Crippen LogP contribution in [-0.2, 0) is 10.0 Å². The summed E-state index contributed by atoms with van der Waals surface area (Å²) in [6.45, 7) is 5.51. The first-order valence-corrected chi connectivity index (χ1v) is 14.6. The highest BCUT2D eigenvalue weighted by Crippen LogP contribution is 2.39. The summed E-state index contributed by atoms with van der Waals surface area (Å²) in [4.78, 5) is 4.81. The standard InChI is InChI=1S/C30H28BrF3N2O3S/c1-19-8-5-9-20(2)27(19)28-25(21-10-6-12-23(16-21)39-18-29(3,4)30(32,33)34)14-15-26(35-28)36-40(37,38)24-13-7-11-22(31)17-24/h5-17H,18H2,1-4H3,(H,35,36). The Morgan fingerprint density at radius 1 is 0.900 bits per heavy atom. The lowest BCUT2D eigenvalue weighted by molar-refractivity contribution is -0.219. The van der Waals surface area contributed by atoms with Gasteiger partial charge < -0.3 is 4.74 Å². The first kappa shape index (κ1) is 29.6. The van der Waals surface area contributed by atoms with E-state index in [4.69, 9.17) is 9.72 Å². The molecule has 1 N–H and O–H groups in total. The van der Waals surface area contributed by atoms with Crippen LogP contribution in [0.5, 0.6) is 5.75 Å². The molecule has 0 fully saturated rings. The van der Waals surface area contributed by atoms with E-state index in [-0.39, 0.29) is 16.5 Å². The van der Waals surface area contributed by atoms with Crippen LogP contribution < -0.4 is 9.46 Å². The van der Waals surface area contributed by atoms with Crippen LogP contribution in [0.3, 0.4) is 0 Å². The molecule has 0 saturated carbocycles. The minimum atomic E-state index is -4.41. The molecule has 0 aliphatic rings. The largest absolute Gasteiger partial charge is 0.493 e. The van der Waals surface area contributed by atoms with Crippen LogP contribution in [0.2, 0.25) is 0 Å². The number of anilines is 1. The van der Waals surface area contributed by atoms with Crippen LogP contribution in [0.25, 0.3) is 22.4 Å². The fourth-order valence-corrected chi connectivity index (χ4v) is 5.65. The first-order valence-electron chi connectivity index (χ1n) is 12.3. The third-order valence-electron chi connectivity index (χ3n) is 6.47. The van der Waals surface area contributed by atoms with E-state index in [1.54, 1.807) is 48.5 Å². The Morgan fingerprint density at radius 2 is 1.55 bits per heavy atom. The van der Waals surface area contributed by atoms with Gasteiger partial charge in [-0.15, -0.1) is 0 Å². The molecule has 0 bridgehead atoms. The molecular weight excluding hydrogens is 605 g/mol. The number of halogens is 4. The molecule has 0 aliphatic carbocycles. The van der Waals surface area contributed by atoms with Crippen LogP contribution in [0.15, 0.2) is 88.2 Å². The minimum absolute atomic E-state index is 0.0769. The lowest BCUT2D eigenvalue weighted by Gasteiger charge is -2.27. The smallest absolute Gasteiger partial charge is 0.397 e. The van der Waals surface area contributed by atoms with Crippen LogP contribution >= 0.6 is 15.9 Å². The van der Waals surface area contributed by atoms with E-state index in [0.29, 0.717) is 21.3 Å². The van der Waals surface area contributed by atoms with Gasteiger partial charge in [-0.2, -0.15) is 13.2 Å². The number of nitrogens with one attached hydrogen (secondary N) is 1. The van der Waals surface area contributed by atoms with Gasteiger partial charge in [-0.05, 0) is 86.8 Å². The number of hydrogen-bond donors (Lipinski definition) is 1. The summed E-state index contributed by atoms with van der Waals surface area (Å²) in [5.41, 5.74) is 2.52. The summed E-state index contributed by atoms with van der Waals surface area (Å²) in [6.07, 6.45) is -4.41. The third-order valence-corrected chi connectivity index (χ3v) is 8.32. The van der Waals surface area contributed by atoms with Gasteiger partial charge in [0.05, 0.1) is 16.0 Å². The zero-order valence-electron chi connectivity index (χ0n) is 22.3. The van der Waals surface area contributed by atoms with Gasteiger partial charge in [-0.3, -0.25) is 4.72 Å². The first-order chi connectivity index (χ1) is 18.7. The van der Waals surface area contributed by atoms with Gasteiger partial charge in [0.1, 0.15) is 18.2 Å². The highest BCUT2D eigenvalue weighted by atomic mass is 79.9. The number of alkyl halides is 3. The van der Waals surface area contributed by atoms with Crippen LogP contribution in [0.1, 0.15) is 25.0 Å². The molecule has 0 atom stereocenters. The van der Waals surface area contributed by atoms with Crippen molar-refractivity contribution in [2.24, 2.45) is 5.41 Å². The Kier molecular flexibility index (Phi) is 8.33. The molecule has 5 nitrogen and oxygen atoms in total. The number of hydrogen-bond acceptors (Lipinski definition) is 4. The minimum Gasteiger partial charge on any atom is -0.493 e. The van der Waals surface area contributed by atoms with Crippen molar-refractivity contribution in [1.29, 1.82) is 0 Å². The maximum absolute atomic E-state index is 13.3. The van der Waals surface area contributed by atoms with E-state index >= 15 is 0 Å². The number of sulfonamides is 1. The predicted octanol–water partition coefficient (Wildman–Crippen LogP) is 8.56. The Labute approximate surface area is 240 Å². The summed E-state index contributed by atoms with van der Waals surface area (Å²) in [6, 6.07) is 22.2. The molecule has 0 radical (unpaired) electrons. The van der Waals surface area contributed by atoms with E-state index in [0.717, 1.165) is 30.5 Å². The van der Waals surface area contributed by atoms with Crippen LogP contribution in [-0.4, -0.2) is 26.2 Å². The summed E-state index contributed by atoms with van der Waals surface area (Å²) < 4.78 is 74.9. The van der Waals surface area contributed by atoms with Gasteiger partial charge in [0, 0.05) is 15.6 Å². The van der Waals surface area contributed by atoms with E-state index in [9.17, 15) is 21.6 Å². The van der Waals surface area contributed by atoms with Gasteiger partial charge in [-0.1, -0.05) is 52.3 Å². The molecule has 3 aromatic carbocycles. The maximum Gasteiger partial charge on any atom is 0.397 e.